The molecule has 0 saturated carbocycles. The van der Waals surface area contributed by atoms with Crippen LogP contribution >= 0.6 is 7.82 Å². The Morgan fingerprint density at radius 1 is 1.17 bits per heavy atom. The molecule has 0 radical (unpaired) electrons. The van der Waals surface area contributed by atoms with Crippen LogP contribution in [0.25, 0.3) is 0 Å². The fourth-order valence-corrected chi connectivity index (χ4v) is 1.72. The Hall–Kier alpha value is -1.44. The summed E-state index contributed by atoms with van der Waals surface area (Å²) in [6.07, 6.45) is 2.42. The second-order valence-electron chi connectivity index (χ2n) is 5.26. The number of ether oxygens (including phenoxy) is 1. The van der Waals surface area contributed by atoms with Crippen molar-refractivity contribution in [3.8, 4) is 0 Å². The minimum Gasteiger partial charge on any atom is -0.822 e. The molecule has 0 heterocycles. The number of carbonyl (C=O) groups excluding carboxylic acids is 1. The van der Waals surface area contributed by atoms with E-state index in [1.165, 1.54) is 5.56 Å². The average molecular weight is 359 g/mol. The quantitative estimate of drug-likeness (QED) is 0.488. The highest BCUT2D eigenvalue weighted by molar-refractivity contribution is 7.40. The zero-order chi connectivity index (χ0) is 18.4. The molecule has 9 heteroatoms. The third kappa shape index (κ3) is 18.6. The predicted octanol–water partition coefficient (Wildman–Crippen LogP) is -0.527. The lowest BCUT2D eigenvalue weighted by Crippen LogP contribution is -2.28. The van der Waals surface area contributed by atoms with Gasteiger partial charge < -0.3 is 34.2 Å². The Kier molecular flexibility index (Phi) is 12.1. The molecule has 8 nitrogen and oxygen atoms in total. The van der Waals surface area contributed by atoms with Gasteiger partial charge in [0.05, 0.1) is 6.61 Å². The lowest BCUT2D eigenvalue weighted by atomic mass is 10.1. The molecule has 0 aromatic heterocycles. The fraction of sp³-hybridized carbons (Fsp3) is 0.533. The Balaban J connectivity index is 0.000000922. The highest BCUT2D eigenvalue weighted by Crippen LogP contribution is 2.03. The van der Waals surface area contributed by atoms with Crippen LogP contribution in [0.15, 0.2) is 30.3 Å². The van der Waals surface area contributed by atoms with Crippen molar-refractivity contribution in [3.05, 3.63) is 35.9 Å². The van der Waals surface area contributed by atoms with Crippen LogP contribution in [-0.4, -0.2) is 44.8 Å². The van der Waals surface area contributed by atoms with Crippen LogP contribution in [0.4, 0.5) is 4.79 Å². The van der Waals surface area contributed by atoms with Gasteiger partial charge in [0.15, 0.2) is 0 Å². The number of alkyl carbamates (subject to hydrolysis) is 1. The minimum absolute atomic E-state index is 0.313. The van der Waals surface area contributed by atoms with Crippen molar-refractivity contribution < 1.29 is 28.8 Å². The molecule has 1 N–H and O–H groups in total. The lowest BCUT2D eigenvalue weighted by Gasteiger charge is -2.36. The molecule has 1 aromatic rings. The molecule has 0 unspecified atom stereocenters. The van der Waals surface area contributed by atoms with E-state index < -0.39 is 7.82 Å². The maximum Gasteiger partial charge on any atom is 0.407 e. The molecule has 0 fully saturated rings. The molecular weight excluding hydrogens is 335 g/mol. The Bertz CT molecular complexity index is 484. The van der Waals surface area contributed by atoms with Gasteiger partial charge in [-0.05, 0) is 45.5 Å². The van der Waals surface area contributed by atoms with E-state index in [9.17, 15) is 4.79 Å². The lowest BCUT2D eigenvalue weighted by molar-refractivity contribution is -0.432. The van der Waals surface area contributed by atoms with Crippen LogP contribution in [0, 0.1) is 0 Å². The molecule has 0 saturated heterocycles. The summed E-state index contributed by atoms with van der Waals surface area (Å²) in [7, 11) is -1.36. The third-order valence-electron chi connectivity index (χ3n) is 2.74. The largest absolute Gasteiger partial charge is 0.822 e. The molecule has 0 spiro atoms. The van der Waals surface area contributed by atoms with E-state index in [0.717, 1.165) is 25.8 Å². The van der Waals surface area contributed by atoms with E-state index in [1.54, 1.807) is 0 Å². The van der Waals surface area contributed by atoms with Gasteiger partial charge in [-0.25, -0.2) is 4.79 Å². The first-order valence-electron chi connectivity index (χ1n) is 7.51. The van der Waals surface area contributed by atoms with E-state index in [0.29, 0.717) is 13.2 Å². The summed E-state index contributed by atoms with van der Waals surface area (Å²) in [5.74, 6) is 0. The third-order valence-corrected chi connectivity index (χ3v) is 2.74. The van der Waals surface area contributed by atoms with Crippen LogP contribution in [0.5, 0.6) is 0 Å². The average Bonchev–Trinajstić information content (AvgIpc) is 2.47. The number of rotatable bonds is 8. The molecule has 1 aromatic carbocycles. The topological polar surface area (TPSA) is 128 Å². The van der Waals surface area contributed by atoms with Crippen molar-refractivity contribution >= 4 is 13.9 Å². The van der Waals surface area contributed by atoms with Gasteiger partial charge >= 0.3 is 6.09 Å². The number of amides is 1. The number of nitrogens with zero attached hydrogens (tertiary/aromatic N) is 1. The van der Waals surface area contributed by atoms with Crippen LogP contribution in [0.3, 0.4) is 0 Å². The zero-order valence-electron chi connectivity index (χ0n) is 14.0. The van der Waals surface area contributed by atoms with Gasteiger partial charge in [0.1, 0.15) is 0 Å². The van der Waals surface area contributed by atoms with Crippen LogP contribution < -0.4 is 20.0 Å². The van der Waals surface area contributed by atoms with E-state index >= 15 is 0 Å². The van der Waals surface area contributed by atoms with Gasteiger partial charge in [-0.15, -0.1) is 0 Å². The number of carbonyl (C=O) groups is 1. The number of hydrogen-bond donors (Lipinski definition) is 1. The molecule has 1 amide bonds. The minimum atomic E-state index is -5.39. The summed E-state index contributed by atoms with van der Waals surface area (Å²) in [4.78, 5) is 39.1. The molecule has 0 aliphatic rings. The smallest absolute Gasteiger partial charge is 0.407 e. The number of benzene rings is 1. The Morgan fingerprint density at radius 2 is 1.75 bits per heavy atom. The van der Waals surface area contributed by atoms with Crippen molar-refractivity contribution in [2.45, 2.75) is 19.3 Å². The molecule has 1 rings (SSSR count). The molecule has 24 heavy (non-hydrogen) atoms. The summed E-state index contributed by atoms with van der Waals surface area (Å²) in [5, 5.41) is 2.75. The summed E-state index contributed by atoms with van der Waals surface area (Å²) in [6, 6.07) is 10.2. The Morgan fingerprint density at radius 3 is 2.29 bits per heavy atom. The zero-order valence-corrected chi connectivity index (χ0v) is 14.9. The molecule has 0 bridgehead atoms. The maximum atomic E-state index is 11.4. The maximum absolute atomic E-state index is 11.4. The van der Waals surface area contributed by atoms with Gasteiger partial charge in [0.25, 0.3) is 0 Å². The first-order chi connectivity index (χ1) is 11.2. The number of hydrogen-bond acceptors (Lipinski definition) is 7. The van der Waals surface area contributed by atoms with Crippen LogP contribution in [0.2, 0.25) is 0 Å². The first-order valence-corrected chi connectivity index (χ1v) is 8.97. The van der Waals surface area contributed by atoms with Crippen molar-refractivity contribution in [2.24, 2.45) is 0 Å². The van der Waals surface area contributed by atoms with E-state index in [2.05, 4.69) is 22.3 Å². The van der Waals surface area contributed by atoms with Gasteiger partial charge in [-0.2, -0.15) is 7.82 Å². The summed E-state index contributed by atoms with van der Waals surface area (Å²) in [6.45, 7) is 2.10. The molecule has 0 aliphatic carbocycles. The molecular formula is C15H24N2O6P-3. The summed E-state index contributed by atoms with van der Waals surface area (Å²) >= 11 is 0. The Labute approximate surface area is 142 Å². The van der Waals surface area contributed by atoms with Crippen molar-refractivity contribution in [1.82, 2.24) is 10.2 Å². The number of aryl methyl sites for hydroxylation is 1. The molecule has 0 aliphatic heterocycles. The predicted molar refractivity (Wildman–Crippen MR) is 84.9 cm³/mol. The second kappa shape index (κ2) is 12.9. The van der Waals surface area contributed by atoms with Crippen molar-refractivity contribution in [1.29, 1.82) is 0 Å². The number of phosphoric acid groups is 1. The first kappa shape index (κ1) is 22.6. The van der Waals surface area contributed by atoms with E-state index in [4.69, 9.17) is 24.0 Å². The SMILES string of the molecule is CN(C)CCCNC(=O)OCCCc1ccccc1.O=P([O-])([O-])[O-]. The van der Waals surface area contributed by atoms with Crippen molar-refractivity contribution in [3.63, 3.8) is 0 Å². The second-order valence-corrected chi connectivity index (χ2v) is 6.15. The van der Waals surface area contributed by atoms with E-state index in [1.807, 2.05) is 32.3 Å². The highest BCUT2D eigenvalue weighted by atomic mass is 31.2. The number of nitrogens with one attached hydrogen (secondary N) is 1. The molecule has 138 valence electrons. The fourth-order valence-electron chi connectivity index (χ4n) is 1.72. The van der Waals surface area contributed by atoms with Gasteiger partial charge in [0, 0.05) is 6.54 Å². The van der Waals surface area contributed by atoms with Gasteiger partial charge in [-0.3, -0.25) is 0 Å². The summed E-state index contributed by atoms with van der Waals surface area (Å²) in [5.41, 5.74) is 1.28. The van der Waals surface area contributed by atoms with E-state index in [-0.39, 0.29) is 6.09 Å². The van der Waals surface area contributed by atoms with Gasteiger partial charge in [0.2, 0.25) is 0 Å². The highest BCUT2D eigenvalue weighted by Gasteiger charge is 2.01. The normalized spacial score (nSPS) is 10.8. The summed E-state index contributed by atoms with van der Waals surface area (Å²) < 4.78 is 13.7. The van der Waals surface area contributed by atoms with Crippen molar-refractivity contribution in [2.75, 3.05) is 33.8 Å². The standard InChI is InChI=1S/C15H24N2O2.H3O4P/c1-17(2)12-7-11-16-15(18)19-13-6-10-14-8-4-3-5-9-14;1-5(2,3)4/h3-5,8-9H,6-7,10-13H2,1-2H3,(H,16,18);(H3,1,2,3,4)/p-3. The van der Waals surface area contributed by atoms with Crippen LogP contribution in [-0.2, 0) is 15.7 Å². The van der Waals surface area contributed by atoms with Gasteiger partial charge in [-0.1, -0.05) is 30.3 Å². The molecule has 0 atom stereocenters. The monoisotopic (exact) mass is 359 g/mol. The van der Waals surface area contributed by atoms with Crippen LogP contribution in [0.1, 0.15) is 18.4 Å².